The van der Waals surface area contributed by atoms with Gasteiger partial charge in [-0.05, 0) is 62.0 Å². The lowest BCUT2D eigenvalue weighted by molar-refractivity contribution is -0.114. The third-order valence-electron chi connectivity index (χ3n) is 3.58. The Labute approximate surface area is 170 Å². The van der Waals surface area contributed by atoms with Gasteiger partial charge < -0.3 is 16.8 Å². The largest absolute Gasteiger partial charge is 0.370 e. The minimum absolute atomic E-state index is 0. The second-order valence-corrected chi connectivity index (χ2v) is 7.53. The van der Waals surface area contributed by atoms with Crippen LogP contribution in [0.3, 0.4) is 0 Å². The highest BCUT2D eigenvalue weighted by Crippen LogP contribution is 2.20. The van der Waals surface area contributed by atoms with Crippen molar-refractivity contribution < 1.29 is 13.2 Å². The molecule has 0 spiro atoms. The van der Waals surface area contributed by atoms with Crippen LogP contribution < -0.4 is 21.5 Å². The van der Waals surface area contributed by atoms with E-state index < -0.39 is 15.9 Å². The van der Waals surface area contributed by atoms with Gasteiger partial charge in [-0.3, -0.25) is 4.79 Å². The first kappa shape index (κ1) is 23.2. The molecule has 0 saturated heterocycles. The molecule has 0 atom stereocenters. The lowest BCUT2D eigenvalue weighted by atomic mass is 10.1. The maximum atomic E-state index is 11.7. The zero-order valence-electron chi connectivity index (χ0n) is 15.3. The van der Waals surface area contributed by atoms with Gasteiger partial charge in [0.2, 0.25) is 10.0 Å². The van der Waals surface area contributed by atoms with Gasteiger partial charge in [0.15, 0.2) is 5.96 Å². The van der Waals surface area contributed by atoms with Crippen molar-refractivity contribution in [2.75, 3.05) is 12.4 Å². The van der Waals surface area contributed by atoms with Crippen LogP contribution in [-0.4, -0.2) is 27.3 Å². The van der Waals surface area contributed by atoms with E-state index in [1.807, 2.05) is 24.3 Å². The summed E-state index contributed by atoms with van der Waals surface area (Å²) in [5.74, 6) is -0.769. The van der Waals surface area contributed by atoms with Crippen molar-refractivity contribution in [2.24, 2.45) is 16.5 Å². The monoisotopic (exact) mass is 423 g/mol. The number of sulfonamides is 1. The van der Waals surface area contributed by atoms with E-state index in [4.69, 9.17) is 11.5 Å². The summed E-state index contributed by atoms with van der Waals surface area (Å²) in [6.07, 6.45) is 1.68. The molecule has 0 aliphatic carbocycles. The number of nitrogens with zero attached hydrogens (tertiary/aromatic N) is 1. The summed E-state index contributed by atoms with van der Waals surface area (Å²) in [6, 6.07) is 13.7. The molecule has 0 aliphatic heterocycles. The first-order valence-corrected chi connectivity index (χ1v) is 9.42. The van der Waals surface area contributed by atoms with E-state index in [0.717, 1.165) is 16.9 Å². The molecule has 0 heterocycles. The minimum Gasteiger partial charge on any atom is -0.370 e. The predicted octanol–water partition coefficient (Wildman–Crippen LogP) is 1.96. The van der Waals surface area contributed by atoms with E-state index in [1.54, 1.807) is 25.1 Å². The first-order valence-electron chi connectivity index (χ1n) is 7.94. The smallest absolute Gasteiger partial charge is 0.275 e. The quantitative estimate of drug-likeness (QED) is 0.318. The van der Waals surface area contributed by atoms with E-state index in [2.05, 4.69) is 15.0 Å². The van der Waals surface area contributed by atoms with Gasteiger partial charge in [0.05, 0.1) is 4.90 Å². The molecule has 2 aromatic carbocycles. The van der Waals surface area contributed by atoms with Crippen LogP contribution in [0.4, 0.5) is 11.4 Å². The minimum atomic E-state index is -3.46. The van der Waals surface area contributed by atoms with Gasteiger partial charge in [-0.25, -0.2) is 13.1 Å². The van der Waals surface area contributed by atoms with Crippen LogP contribution in [0.15, 0.2) is 64.0 Å². The number of carbonyl (C=O) groups is 1. The number of anilines is 2. The summed E-state index contributed by atoms with van der Waals surface area (Å²) in [6.45, 7) is 1.63. The SMILES string of the molecule is CNS(=O)(=O)c1ccc(Nc2ccc(/C=C(\C)C(=O)N=C(N)N)cc2)cc1.Cl. The highest BCUT2D eigenvalue weighted by molar-refractivity contribution is 7.89. The molecule has 0 bridgehead atoms. The molecule has 8 nitrogen and oxygen atoms in total. The summed E-state index contributed by atoms with van der Waals surface area (Å²) >= 11 is 0. The molecule has 2 aromatic rings. The second-order valence-electron chi connectivity index (χ2n) is 5.65. The Morgan fingerprint density at radius 2 is 1.50 bits per heavy atom. The maximum absolute atomic E-state index is 11.7. The molecule has 0 saturated carbocycles. The molecular formula is C18H22ClN5O3S. The van der Waals surface area contributed by atoms with Crippen molar-refractivity contribution in [3.05, 3.63) is 59.7 Å². The van der Waals surface area contributed by atoms with Crippen LogP contribution in [0, 0.1) is 0 Å². The number of benzene rings is 2. The number of amides is 1. The molecular weight excluding hydrogens is 402 g/mol. The summed E-state index contributed by atoms with van der Waals surface area (Å²) in [7, 11) is -2.09. The van der Waals surface area contributed by atoms with Crippen molar-refractivity contribution in [3.63, 3.8) is 0 Å². The van der Waals surface area contributed by atoms with E-state index in [0.29, 0.717) is 5.57 Å². The van der Waals surface area contributed by atoms with Gasteiger partial charge in [-0.1, -0.05) is 12.1 Å². The lowest BCUT2D eigenvalue weighted by Gasteiger charge is -2.08. The van der Waals surface area contributed by atoms with E-state index >= 15 is 0 Å². The van der Waals surface area contributed by atoms with E-state index in [1.165, 1.54) is 19.2 Å². The van der Waals surface area contributed by atoms with E-state index in [-0.39, 0.29) is 23.3 Å². The first-order chi connectivity index (χ1) is 12.7. The number of aliphatic imine (C=N–C) groups is 1. The number of hydrogen-bond acceptors (Lipinski definition) is 4. The summed E-state index contributed by atoms with van der Waals surface area (Å²) < 4.78 is 25.7. The predicted molar refractivity (Wildman–Crippen MR) is 114 cm³/mol. The van der Waals surface area contributed by atoms with Crippen LogP contribution in [0.1, 0.15) is 12.5 Å². The normalized spacial score (nSPS) is 11.3. The molecule has 0 aliphatic rings. The number of nitrogens with two attached hydrogens (primary N) is 2. The Morgan fingerprint density at radius 1 is 1.00 bits per heavy atom. The van der Waals surface area contributed by atoms with Gasteiger partial charge in [0.25, 0.3) is 5.91 Å². The fraction of sp³-hybridized carbons (Fsp3) is 0.111. The standard InChI is InChI=1S/C18H21N5O3S.ClH/c1-12(17(24)23-18(19)20)11-13-3-5-14(6-4-13)22-15-7-9-16(10-8-15)27(25,26)21-2;/h3-11,21-22H,1-2H3,(H4,19,20,23,24);1H/b12-11+;. The van der Waals surface area contributed by atoms with Crippen molar-refractivity contribution in [3.8, 4) is 0 Å². The fourth-order valence-corrected chi connectivity index (χ4v) is 2.91. The number of nitrogens with one attached hydrogen (secondary N) is 2. The van der Waals surface area contributed by atoms with Crippen LogP contribution in [0.25, 0.3) is 6.08 Å². The molecule has 0 radical (unpaired) electrons. The topological polar surface area (TPSA) is 140 Å². The average molecular weight is 424 g/mol. The maximum Gasteiger partial charge on any atom is 0.275 e. The third-order valence-corrected chi connectivity index (χ3v) is 5.01. The Hall–Kier alpha value is -2.88. The van der Waals surface area contributed by atoms with Crippen LogP contribution in [0.5, 0.6) is 0 Å². The Balaban J connectivity index is 0.00000392. The lowest BCUT2D eigenvalue weighted by Crippen LogP contribution is -2.24. The average Bonchev–Trinajstić information content (AvgIpc) is 2.63. The molecule has 0 fully saturated rings. The van der Waals surface area contributed by atoms with Gasteiger partial charge in [-0.15, -0.1) is 12.4 Å². The molecule has 28 heavy (non-hydrogen) atoms. The molecule has 0 unspecified atom stereocenters. The number of hydrogen-bond donors (Lipinski definition) is 4. The highest BCUT2D eigenvalue weighted by atomic mass is 35.5. The van der Waals surface area contributed by atoms with Gasteiger partial charge in [0, 0.05) is 16.9 Å². The zero-order valence-corrected chi connectivity index (χ0v) is 17.0. The van der Waals surface area contributed by atoms with Crippen molar-refractivity contribution in [2.45, 2.75) is 11.8 Å². The van der Waals surface area contributed by atoms with Crippen LogP contribution in [0.2, 0.25) is 0 Å². The Kier molecular flexibility index (Phi) is 8.17. The van der Waals surface area contributed by atoms with Gasteiger partial charge in [0.1, 0.15) is 0 Å². The highest BCUT2D eigenvalue weighted by Gasteiger charge is 2.10. The summed E-state index contributed by atoms with van der Waals surface area (Å²) in [4.78, 5) is 15.4. The second kappa shape index (κ2) is 9.88. The third kappa shape index (κ3) is 6.38. The molecule has 1 amide bonds. The van der Waals surface area contributed by atoms with Crippen molar-refractivity contribution >= 4 is 51.7 Å². The van der Waals surface area contributed by atoms with Crippen LogP contribution in [-0.2, 0) is 14.8 Å². The fourth-order valence-electron chi connectivity index (χ4n) is 2.18. The van der Waals surface area contributed by atoms with Gasteiger partial charge in [-0.2, -0.15) is 4.99 Å². The summed E-state index contributed by atoms with van der Waals surface area (Å²) in [5, 5.41) is 3.17. The number of carbonyl (C=O) groups excluding carboxylic acids is 1. The molecule has 10 heteroatoms. The van der Waals surface area contributed by atoms with Crippen molar-refractivity contribution in [1.29, 1.82) is 0 Å². The zero-order chi connectivity index (χ0) is 20.0. The van der Waals surface area contributed by atoms with Crippen molar-refractivity contribution in [1.82, 2.24) is 4.72 Å². The Morgan fingerprint density at radius 3 is 1.96 bits per heavy atom. The Bertz CT molecular complexity index is 981. The van der Waals surface area contributed by atoms with E-state index in [9.17, 15) is 13.2 Å². The molecule has 0 aromatic heterocycles. The molecule has 150 valence electrons. The van der Waals surface area contributed by atoms with Gasteiger partial charge >= 0.3 is 0 Å². The molecule has 6 N–H and O–H groups in total. The molecule has 2 rings (SSSR count). The number of rotatable bonds is 6. The van der Waals surface area contributed by atoms with Crippen LogP contribution >= 0.6 is 12.4 Å². The number of guanidine groups is 1. The summed E-state index contributed by atoms with van der Waals surface area (Å²) in [5.41, 5.74) is 13.2. The number of halogens is 1.